The van der Waals surface area contributed by atoms with Gasteiger partial charge < -0.3 is 9.88 Å². The minimum absolute atomic E-state index is 0.196. The average molecular weight is 259 g/mol. The topological polar surface area (TPSA) is 29.9 Å². The van der Waals surface area contributed by atoms with Gasteiger partial charge >= 0.3 is 0 Å². The molecule has 1 fully saturated rings. The van der Waals surface area contributed by atoms with Crippen LogP contribution in [0.1, 0.15) is 31.2 Å². The number of hydrogen-bond acceptors (Lipinski definition) is 2. The number of imidazole rings is 1. The molecule has 0 radical (unpaired) electrons. The Balaban J connectivity index is 1.70. The average Bonchev–Trinajstić information content (AvgIpc) is 3.06. The highest BCUT2D eigenvalue weighted by atomic mass is 19.1. The molecule has 4 heteroatoms. The summed E-state index contributed by atoms with van der Waals surface area (Å²) in [6.07, 6.45) is 8.82. The molecule has 19 heavy (non-hydrogen) atoms. The molecule has 1 saturated carbocycles. The molecule has 1 aromatic carbocycles. The van der Waals surface area contributed by atoms with Crippen LogP contribution in [0, 0.1) is 5.82 Å². The third kappa shape index (κ3) is 2.95. The number of rotatable bonds is 4. The molecule has 0 saturated heterocycles. The van der Waals surface area contributed by atoms with Crippen molar-refractivity contribution in [1.82, 2.24) is 9.55 Å². The molecule has 0 atom stereocenters. The number of anilines is 1. The van der Waals surface area contributed by atoms with Crippen molar-refractivity contribution in [3.05, 3.63) is 48.0 Å². The van der Waals surface area contributed by atoms with Gasteiger partial charge in [0.15, 0.2) is 0 Å². The van der Waals surface area contributed by atoms with Crippen LogP contribution in [-0.2, 0) is 6.54 Å². The fourth-order valence-electron chi connectivity index (χ4n) is 2.62. The normalized spacial score (nSPS) is 15.8. The molecule has 0 aliphatic heterocycles. The summed E-state index contributed by atoms with van der Waals surface area (Å²) in [6.45, 7) is 0.718. The number of hydrogen-bond donors (Lipinski definition) is 1. The van der Waals surface area contributed by atoms with Gasteiger partial charge in [-0.25, -0.2) is 9.37 Å². The van der Waals surface area contributed by atoms with Gasteiger partial charge in [-0.1, -0.05) is 25.0 Å². The lowest BCUT2D eigenvalue weighted by Crippen LogP contribution is -2.18. The van der Waals surface area contributed by atoms with E-state index >= 15 is 0 Å². The standard InChI is InChI=1S/C15H18FN3/c16-13-7-5-12(6-8-13)11-19-10-9-17-15(19)18-14-3-1-2-4-14/h5-10,14H,1-4,11H2,(H,17,18). The molecule has 3 nitrogen and oxygen atoms in total. The second-order valence-electron chi connectivity index (χ2n) is 5.13. The van der Waals surface area contributed by atoms with Crippen LogP contribution in [0.25, 0.3) is 0 Å². The molecule has 0 bridgehead atoms. The Kier molecular flexibility index (Phi) is 3.49. The molecule has 1 heterocycles. The maximum atomic E-state index is 12.9. The summed E-state index contributed by atoms with van der Waals surface area (Å²) in [6, 6.07) is 7.17. The van der Waals surface area contributed by atoms with Crippen molar-refractivity contribution in [2.24, 2.45) is 0 Å². The quantitative estimate of drug-likeness (QED) is 0.911. The van der Waals surface area contributed by atoms with E-state index in [2.05, 4.69) is 14.9 Å². The second-order valence-corrected chi connectivity index (χ2v) is 5.13. The van der Waals surface area contributed by atoms with Crippen LogP contribution in [0.5, 0.6) is 0 Å². The van der Waals surface area contributed by atoms with Gasteiger partial charge in [-0.05, 0) is 30.5 Å². The molecular weight excluding hydrogens is 241 g/mol. The summed E-state index contributed by atoms with van der Waals surface area (Å²) in [5.41, 5.74) is 1.08. The fraction of sp³-hybridized carbons (Fsp3) is 0.400. The van der Waals surface area contributed by atoms with Crippen molar-refractivity contribution in [2.75, 3.05) is 5.32 Å². The van der Waals surface area contributed by atoms with Crippen LogP contribution in [-0.4, -0.2) is 15.6 Å². The van der Waals surface area contributed by atoms with E-state index in [9.17, 15) is 4.39 Å². The number of benzene rings is 1. The first-order chi connectivity index (χ1) is 9.31. The number of aromatic nitrogens is 2. The van der Waals surface area contributed by atoms with Gasteiger partial charge in [-0.2, -0.15) is 0 Å². The molecule has 100 valence electrons. The first kappa shape index (κ1) is 12.2. The molecule has 3 rings (SSSR count). The van der Waals surface area contributed by atoms with E-state index in [1.807, 2.05) is 18.3 Å². The third-order valence-corrected chi connectivity index (χ3v) is 3.67. The van der Waals surface area contributed by atoms with Gasteiger partial charge in [0.2, 0.25) is 5.95 Å². The Morgan fingerprint density at radius 2 is 1.95 bits per heavy atom. The summed E-state index contributed by atoms with van der Waals surface area (Å²) in [5, 5.41) is 3.50. The van der Waals surface area contributed by atoms with Crippen molar-refractivity contribution >= 4 is 5.95 Å². The second kappa shape index (κ2) is 5.43. The van der Waals surface area contributed by atoms with Crippen LogP contribution in [0.3, 0.4) is 0 Å². The molecule has 0 unspecified atom stereocenters. The Morgan fingerprint density at radius 3 is 2.68 bits per heavy atom. The number of nitrogens with zero attached hydrogens (tertiary/aromatic N) is 2. The van der Waals surface area contributed by atoms with Crippen molar-refractivity contribution < 1.29 is 4.39 Å². The number of nitrogens with one attached hydrogen (secondary N) is 1. The maximum absolute atomic E-state index is 12.9. The van der Waals surface area contributed by atoms with Crippen LogP contribution < -0.4 is 5.32 Å². The van der Waals surface area contributed by atoms with Crippen LogP contribution >= 0.6 is 0 Å². The maximum Gasteiger partial charge on any atom is 0.203 e. The van der Waals surface area contributed by atoms with E-state index in [0.29, 0.717) is 6.04 Å². The Hall–Kier alpha value is -1.84. The Morgan fingerprint density at radius 1 is 1.21 bits per heavy atom. The molecule has 0 spiro atoms. The van der Waals surface area contributed by atoms with Crippen molar-refractivity contribution in [3.8, 4) is 0 Å². The molecular formula is C15H18FN3. The van der Waals surface area contributed by atoms with E-state index < -0.39 is 0 Å². The predicted molar refractivity (Wildman–Crippen MR) is 73.6 cm³/mol. The molecule has 1 aliphatic rings. The van der Waals surface area contributed by atoms with Crippen molar-refractivity contribution in [2.45, 2.75) is 38.3 Å². The first-order valence-corrected chi connectivity index (χ1v) is 6.83. The van der Waals surface area contributed by atoms with E-state index in [1.54, 1.807) is 6.20 Å². The third-order valence-electron chi connectivity index (χ3n) is 3.67. The van der Waals surface area contributed by atoms with Gasteiger partial charge in [0.1, 0.15) is 5.82 Å². The zero-order valence-corrected chi connectivity index (χ0v) is 10.8. The number of halogens is 1. The van der Waals surface area contributed by atoms with Gasteiger partial charge in [0.25, 0.3) is 0 Å². The zero-order chi connectivity index (χ0) is 13.1. The lowest BCUT2D eigenvalue weighted by atomic mass is 10.2. The van der Waals surface area contributed by atoms with Gasteiger partial charge in [-0.15, -0.1) is 0 Å². The first-order valence-electron chi connectivity index (χ1n) is 6.83. The summed E-state index contributed by atoms with van der Waals surface area (Å²) >= 11 is 0. The Bertz CT molecular complexity index is 527. The highest BCUT2D eigenvalue weighted by Gasteiger charge is 2.16. The lowest BCUT2D eigenvalue weighted by molar-refractivity contribution is 0.626. The highest BCUT2D eigenvalue weighted by Crippen LogP contribution is 2.21. The Labute approximate surface area is 112 Å². The van der Waals surface area contributed by atoms with E-state index in [4.69, 9.17) is 0 Å². The van der Waals surface area contributed by atoms with E-state index in [0.717, 1.165) is 18.1 Å². The van der Waals surface area contributed by atoms with E-state index in [-0.39, 0.29) is 5.82 Å². The summed E-state index contributed by atoms with van der Waals surface area (Å²) in [4.78, 5) is 4.37. The van der Waals surface area contributed by atoms with Crippen molar-refractivity contribution in [1.29, 1.82) is 0 Å². The summed E-state index contributed by atoms with van der Waals surface area (Å²) < 4.78 is 15.0. The van der Waals surface area contributed by atoms with E-state index in [1.165, 1.54) is 37.8 Å². The molecule has 1 aliphatic carbocycles. The highest BCUT2D eigenvalue weighted by molar-refractivity contribution is 5.30. The molecule has 2 aromatic rings. The smallest absolute Gasteiger partial charge is 0.203 e. The van der Waals surface area contributed by atoms with Crippen LogP contribution in [0.4, 0.5) is 10.3 Å². The SMILES string of the molecule is Fc1ccc(Cn2ccnc2NC2CCCC2)cc1. The van der Waals surface area contributed by atoms with Crippen molar-refractivity contribution in [3.63, 3.8) is 0 Å². The fourth-order valence-corrected chi connectivity index (χ4v) is 2.62. The van der Waals surface area contributed by atoms with Gasteiger partial charge in [0.05, 0.1) is 6.54 Å². The molecule has 1 aromatic heterocycles. The monoisotopic (exact) mass is 259 g/mol. The van der Waals surface area contributed by atoms with Crippen LogP contribution in [0.2, 0.25) is 0 Å². The summed E-state index contributed by atoms with van der Waals surface area (Å²) in [7, 11) is 0. The summed E-state index contributed by atoms with van der Waals surface area (Å²) in [5.74, 6) is 0.718. The lowest BCUT2D eigenvalue weighted by Gasteiger charge is -2.14. The largest absolute Gasteiger partial charge is 0.353 e. The predicted octanol–water partition coefficient (Wildman–Crippen LogP) is 3.43. The van der Waals surface area contributed by atoms with Gasteiger partial charge in [-0.3, -0.25) is 0 Å². The minimum Gasteiger partial charge on any atom is -0.353 e. The van der Waals surface area contributed by atoms with Crippen LogP contribution in [0.15, 0.2) is 36.7 Å². The molecule has 0 amide bonds. The molecule has 1 N–H and O–H groups in total. The van der Waals surface area contributed by atoms with Gasteiger partial charge in [0, 0.05) is 18.4 Å². The zero-order valence-electron chi connectivity index (χ0n) is 10.8. The minimum atomic E-state index is -0.196.